The Hall–Kier alpha value is -1.27. The van der Waals surface area contributed by atoms with Gasteiger partial charge in [-0.25, -0.2) is 9.07 Å². The summed E-state index contributed by atoms with van der Waals surface area (Å²) in [5, 5.41) is 17.0. The minimum atomic E-state index is -0.639. The van der Waals surface area contributed by atoms with E-state index >= 15 is 0 Å². The molecule has 1 heterocycles. The van der Waals surface area contributed by atoms with Gasteiger partial charge >= 0.3 is 0 Å². The highest BCUT2D eigenvalue weighted by Gasteiger charge is 2.08. The van der Waals surface area contributed by atoms with Crippen LogP contribution < -0.4 is 0 Å². The van der Waals surface area contributed by atoms with E-state index < -0.39 is 6.10 Å². The molecule has 4 nitrogen and oxygen atoms in total. The maximum Gasteiger partial charge on any atom is 0.124 e. The zero-order valence-electron chi connectivity index (χ0n) is 9.14. The molecule has 0 aliphatic carbocycles. The second-order valence-electron chi connectivity index (χ2n) is 3.75. The van der Waals surface area contributed by atoms with E-state index in [2.05, 4.69) is 26.2 Å². The quantitative estimate of drug-likeness (QED) is 0.946. The molecule has 1 unspecified atom stereocenters. The van der Waals surface area contributed by atoms with Crippen LogP contribution in [-0.4, -0.2) is 20.1 Å². The lowest BCUT2D eigenvalue weighted by molar-refractivity contribution is 0.194. The maximum absolute atomic E-state index is 12.9. The molecular weight excluding hydrogens is 289 g/mol. The molecule has 1 aromatic heterocycles. The minimum Gasteiger partial charge on any atom is -0.387 e. The summed E-state index contributed by atoms with van der Waals surface area (Å²) in [6, 6.07) is 4.48. The molecule has 0 amide bonds. The predicted octanol–water partition coefficient (Wildman–Crippen LogP) is 2.28. The Morgan fingerprint density at radius 2 is 2.29 bits per heavy atom. The smallest absolute Gasteiger partial charge is 0.124 e. The lowest BCUT2D eigenvalue weighted by Crippen LogP contribution is -2.01. The highest BCUT2D eigenvalue weighted by molar-refractivity contribution is 9.10. The number of halogens is 2. The Labute approximate surface area is 106 Å². The minimum absolute atomic E-state index is 0.288. The third kappa shape index (κ3) is 2.89. The number of hydrogen-bond donors (Lipinski definition) is 1. The summed E-state index contributed by atoms with van der Waals surface area (Å²) in [4.78, 5) is 0. The normalized spacial score (nSPS) is 12.7. The molecule has 0 saturated carbocycles. The molecule has 6 heteroatoms. The first-order valence-electron chi connectivity index (χ1n) is 5.08. The van der Waals surface area contributed by atoms with Crippen molar-refractivity contribution in [2.45, 2.75) is 19.6 Å². The monoisotopic (exact) mass is 299 g/mol. The van der Waals surface area contributed by atoms with Gasteiger partial charge < -0.3 is 5.11 Å². The number of benzene rings is 1. The molecule has 2 rings (SSSR count). The summed E-state index contributed by atoms with van der Waals surface area (Å²) in [6.45, 7) is 2.10. The van der Waals surface area contributed by atoms with E-state index in [1.54, 1.807) is 23.9 Å². The zero-order chi connectivity index (χ0) is 12.4. The Bertz CT molecular complexity index is 527. The molecule has 0 fully saturated rings. The molecule has 0 radical (unpaired) electrons. The van der Waals surface area contributed by atoms with Crippen LogP contribution >= 0.6 is 15.9 Å². The van der Waals surface area contributed by atoms with Crippen molar-refractivity contribution in [1.82, 2.24) is 15.0 Å². The maximum atomic E-state index is 12.9. The second-order valence-corrected chi connectivity index (χ2v) is 4.61. The van der Waals surface area contributed by atoms with E-state index in [0.29, 0.717) is 16.7 Å². The third-order valence-electron chi connectivity index (χ3n) is 2.33. The molecule has 0 spiro atoms. The Morgan fingerprint density at radius 1 is 1.53 bits per heavy atom. The molecule has 1 aromatic carbocycles. The number of rotatable bonds is 3. The lowest BCUT2D eigenvalue weighted by atomic mass is 10.2. The van der Waals surface area contributed by atoms with Crippen molar-refractivity contribution in [3.8, 4) is 0 Å². The largest absolute Gasteiger partial charge is 0.387 e. The lowest BCUT2D eigenvalue weighted by Gasteiger charge is -2.04. The van der Waals surface area contributed by atoms with Gasteiger partial charge in [0.2, 0.25) is 0 Å². The van der Waals surface area contributed by atoms with Crippen LogP contribution in [0.2, 0.25) is 0 Å². The van der Waals surface area contributed by atoms with Crippen molar-refractivity contribution in [3.05, 3.63) is 45.9 Å². The van der Waals surface area contributed by atoms with Crippen LogP contribution in [0.15, 0.2) is 28.9 Å². The fourth-order valence-electron chi connectivity index (χ4n) is 1.41. The van der Waals surface area contributed by atoms with Crippen LogP contribution in [-0.2, 0) is 6.54 Å². The van der Waals surface area contributed by atoms with Gasteiger partial charge in [0, 0.05) is 4.47 Å². The van der Waals surface area contributed by atoms with Crippen molar-refractivity contribution in [2.75, 3.05) is 0 Å². The van der Waals surface area contributed by atoms with Crippen LogP contribution in [0.3, 0.4) is 0 Å². The molecule has 0 aliphatic heterocycles. The first-order valence-corrected chi connectivity index (χ1v) is 5.87. The van der Waals surface area contributed by atoms with Gasteiger partial charge in [-0.05, 0) is 24.6 Å². The van der Waals surface area contributed by atoms with Gasteiger partial charge in [0.25, 0.3) is 0 Å². The SMILES string of the molecule is CC(O)c1cn(Cc2ccc(F)cc2Br)nn1. The highest BCUT2D eigenvalue weighted by Crippen LogP contribution is 2.19. The molecule has 17 heavy (non-hydrogen) atoms. The number of aliphatic hydroxyl groups is 1. The average molecular weight is 300 g/mol. The van der Waals surface area contributed by atoms with Crippen molar-refractivity contribution >= 4 is 15.9 Å². The summed E-state index contributed by atoms with van der Waals surface area (Å²) in [5.41, 5.74) is 1.41. The molecule has 1 atom stereocenters. The van der Waals surface area contributed by atoms with Crippen molar-refractivity contribution < 1.29 is 9.50 Å². The van der Waals surface area contributed by atoms with E-state index in [9.17, 15) is 9.50 Å². The van der Waals surface area contributed by atoms with Crippen LogP contribution in [0, 0.1) is 5.82 Å². The predicted molar refractivity (Wildman–Crippen MR) is 63.9 cm³/mol. The van der Waals surface area contributed by atoms with Crippen LogP contribution in [0.5, 0.6) is 0 Å². The Balaban J connectivity index is 2.19. The molecule has 0 bridgehead atoms. The van der Waals surface area contributed by atoms with E-state index in [1.807, 2.05) is 0 Å². The van der Waals surface area contributed by atoms with Gasteiger partial charge in [0.05, 0.1) is 18.8 Å². The second kappa shape index (κ2) is 4.93. The fourth-order valence-corrected chi connectivity index (χ4v) is 1.88. The number of aromatic nitrogens is 3. The molecule has 1 N–H and O–H groups in total. The van der Waals surface area contributed by atoms with Gasteiger partial charge in [-0.2, -0.15) is 0 Å². The van der Waals surface area contributed by atoms with E-state index in [1.165, 1.54) is 12.1 Å². The standard InChI is InChI=1S/C11H11BrFN3O/c1-7(17)11-6-16(15-14-11)5-8-2-3-9(13)4-10(8)12/h2-4,6-7,17H,5H2,1H3. The Kier molecular flexibility index (Phi) is 3.54. The number of aliphatic hydroxyl groups excluding tert-OH is 1. The molecule has 0 aliphatic rings. The fraction of sp³-hybridized carbons (Fsp3) is 0.273. The van der Waals surface area contributed by atoms with E-state index in [-0.39, 0.29) is 5.82 Å². The van der Waals surface area contributed by atoms with Gasteiger partial charge in [0.15, 0.2) is 0 Å². The average Bonchev–Trinajstić information content (AvgIpc) is 2.71. The molecule has 0 saturated heterocycles. The number of hydrogen-bond acceptors (Lipinski definition) is 3. The van der Waals surface area contributed by atoms with E-state index in [0.717, 1.165) is 5.56 Å². The highest BCUT2D eigenvalue weighted by atomic mass is 79.9. The first kappa shape index (κ1) is 12.2. The van der Waals surface area contributed by atoms with Crippen LogP contribution in [0.25, 0.3) is 0 Å². The van der Waals surface area contributed by atoms with Crippen LogP contribution in [0.4, 0.5) is 4.39 Å². The van der Waals surface area contributed by atoms with E-state index in [4.69, 9.17) is 0 Å². The zero-order valence-corrected chi connectivity index (χ0v) is 10.7. The van der Waals surface area contributed by atoms with Gasteiger partial charge in [-0.15, -0.1) is 5.10 Å². The van der Waals surface area contributed by atoms with Crippen molar-refractivity contribution in [2.24, 2.45) is 0 Å². The molecule has 90 valence electrons. The first-order chi connectivity index (χ1) is 8.06. The summed E-state index contributed by atoms with van der Waals surface area (Å²) in [7, 11) is 0. The van der Waals surface area contributed by atoms with Gasteiger partial charge in [-0.1, -0.05) is 27.2 Å². The van der Waals surface area contributed by atoms with Crippen LogP contribution in [0.1, 0.15) is 24.3 Å². The molecule has 2 aromatic rings. The van der Waals surface area contributed by atoms with Crippen molar-refractivity contribution in [1.29, 1.82) is 0 Å². The molecular formula is C11H11BrFN3O. The summed E-state index contributed by atoms with van der Waals surface area (Å²) in [5.74, 6) is -0.288. The summed E-state index contributed by atoms with van der Waals surface area (Å²) >= 11 is 3.29. The van der Waals surface area contributed by atoms with Gasteiger partial charge in [-0.3, -0.25) is 0 Å². The summed E-state index contributed by atoms with van der Waals surface area (Å²) < 4.78 is 15.2. The summed E-state index contributed by atoms with van der Waals surface area (Å²) in [6.07, 6.45) is 1.03. The van der Waals surface area contributed by atoms with Gasteiger partial charge in [0.1, 0.15) is 11.5 Å². The number of nitrogens with zero attached hydrogens (tertiary/aromatic N) is 3. The van der Waals surface area contributed by atoms with Crippen molar-refractivity contribution in [3.63, 3.8) is 0 Å². The third-order valence-corrected chi connectivity index (χ3v) is 3.07. The topological polar surface area (TPSA) is 50.9 Å². The Morgan fingerprint density at radius 3 is 2.88 bits per heavy atom.